The van der Waals surface area contributed by atoms with E-state index in [0.29, 0.717) is 17.2 Å². The summed E-state index contributed by atoms with van der Waals surface area (Å²) in [5.41, 5.74) is 1.43. The van der Waals surface area contributed by atoms with Crippen LogP contribution < -0.4 is 20.1 Å². The topological polar surface area (TPSA) is 76.7 Å². The van der Waals surface area contributed by atoms with Crippen molar-refractivity contribution in [1.82, 2.24) is 5.32 Å². The van der Waals surface area contributed by atoms with Crippen LogP contribution in [0.15, 0.2) is 48.5 Å². The van der Waals surface area contributed by atoms with Crippen LogP contribution in [-0.2, 0) is 11.3 Å². The van der Waals surface area contributed by atoms with Crippen LogP contribution in [0, 0.1) is 0 Å². The second-order valence-corrected chi connectivity index (χ2v) is 4.72. The summed E-state index contributed by atoms with van der Waals surface area (Å²) in [5, 5.41) is 5.37. The van der Waals surface area contributed by atoms with Crippen LogP contribution >= 0.6 is 0 Å². The van der Waals surface area contributed by atoms with Crippen molar-refractivity contribution in [2.24, 2.45) is 0 Å². The summed E-state index contributed by atoms with van der Waals surface area (Å²) in [4.78, 5) is 23.0. The van der Waals surface area contributed by atoms with Crippen LogP contribution in [0.1, 0.15) is 5.56 Å². The first-order valence-corrected chi connectivity index (χ1v) is 6.77. The number of nitrogens with one attached hydrogen (secondary N) is 2. The lowest BCUT2D eigenvalue weighted by molar-refractivity contribution is -0.118. The van der Waals surface area contributed by atoms with E-state index in [2.05, 4.69) is 10.6 Å². The molecule has 6 heteroatoms. The van der Waals surface area contributed by atoms with E-state index in [4.69, 9.17) is 9.47 Å². The zero-order chi connectivity index (χ0) is 15.4. The average Bonchev–Trinajstić information content (AvgIpc) is 2.53. The zero-order valence-electron chi connectivity index (χ0n) is 11.7. The third-order valence-corrected chi connectivity index (χ3v) is 3.07. The quantitative estimate of drug-likeness (QED) is 0.911. The number of ether oxygens (including phenoxy) is 2. The van der Waals surface area contributed by atoms with Crippen LogP contribution in [0.5, 0.6) is 11.5 Å². The summed E-state index contributed by atoms with van der Waals surface area (Å²) < 4.78 is 10.4. The molecule has 6 nitrogen and oxygen atoms in total. The number of benzene rings is 2. The number of hydrogen-bond donors (Lipinski definition) is 2. The highest BCUT2D eigenvalue weighted by molar-refractivity contribution is 5.95. The normalized spacial score (nSPS) is 12.6. The molecule has 112 valence electrons. The lowest BCUT2D eigenvalue weighted by Crippen LogP contribution is -2.27. The Kier molecular flexibility index (Phi) is 3.91. The van der Waals surface area contributed by atoms with Gasteiger partial charge in [-0.1, -0.05) is 24.3 Å². The van der Waals surface area contributed by atoms with Crippen LogP contribution in [0.25, 0.3) is 0 Å². The molecule has 0 radical (unpaired) electrons. The number of carbonyl (C=O) groups excluding carboxylic acids is 2. The van der Waals surface area contributed by atoms with Crippen molar-refractivity contribution in [3.63, 3.8) is 0 Å². The number of para-hydroxylation sites is 1. The van der Waals surface area contributed by atoms with E-state index in [1.807, 2.05) is 12.1 Å². The monoisotopic (exact) mass is 298 g/mol. The van der Waals surface area contributed by atoms with Crippen LogP contribution in [0.2, 0.25) is 0 Å². The predicted molar refractivity (Wildman–Crippen MR) is 79.9 cm³/mol. The molecular weight excluding hydrogens is 284 g/mol. The van der Waals surface area contributed by atoms with Crippen LogP contribution in [-0.4, -0.2) is 18.6 Å². The van der Waals surface area contributed by atoms with Gasteiger partial charge in [0.15, 0.2) is 6.61 Å². The standard InChI is InChI=1S/C16H14N2O4/c19-15-10-21-14-7-6-11(8-13(14)18-15)9-17-16(20)22-12-4-2-1-3-5-12/h1-8H,9-10H2,(H,17,20)(H,18,19). The summed E-state index contributed by atoms with van der Waals surface area (Å²) in [5.74, 6) is 0.905. The largest absolute Gasteiger partial charge is 0.482 e. The van der Waals surface area contributed by atoms with Gasteiger partial charge in [0.1, 0.15) is 11.5 Å². The van der Waals surface area contributed by atoms with E-state index in [1.54, 1.807) is 36.4 Å². The van der Waals surface area contributed by atoms with Gasteiger partial charge >= 0.3 is 6.09 Å². The van der Waals surface area contributed by atoms with Gasteiger partial charge in [0.2, 0.25) is 0 Å². The number of fused-ring (bicyclic) bond motifs is 1. The van der Waals surface area contributed by atoms with Gasteiger partial charge in [-0.3, -0.25) is 4.79 Å². The third kappa shape index (κ3) is 3.35. The Morgan fingerprint density at radius 2 is 2.05 bits per heavy atom. The van der Waals surface area contributed by atoms with Crippen molar-refractivity contribution in [1.29, 1.82) is 0 Å². The van der Waals surface area contributed by atoms with E-state index in [9.17, 15) is 9.59 Å². The lowest BCUT2D eigenvalue weighted by Gasteiger charge is -2.18. The van der Waals surface area contributed by atoms with Crippen molar-refractivity contribution in [3.8, 4) is 11.5 Å². The number of anilines is 1. The zero-order valence-corrected chi connectivity index (χ0v) is 11.7. The highest BCUT2D eigenvalue weighted by Gasteiger charge is 2.16. The van der Waals surface area contributed by atoms with E-state index in [0.717, 1.165) is 5.56 Å². The summed E-state index contributed by atoms with van der Waals surface area (Å²) in [7, 11) is 0. The molecular formula is C16H14N2O4. The maximum atomic E-state index is 11.7. The minimum Gasteiger partial charge on any atom is -0.482 e. The molecule has 0 atom stereocenters. The molecule has 2 aromatic rings. The third-order valence-electron chi connectivity index (χ3n) is 3.07. The van der Waals surface area contributed by atoms with E-state index >= 15 is 0 Å². The molecule has 0 bridgehead atoms. The smallest absolute Gasteiger partial charge is 0.412 e. The second-order valence-electron chi connectivity index (χ2n) is 4.72. The van der Waals surface area contributed by atoms with Gasteiger partial charge in [0.05, 0.1) is 5.69 Å². The Morgan fingerprint density at radius 3 is 2.86 bits per heavy atom. The van der Waals surface area contributed by atoms with Crippen molar-refractivity contribution in [2.75, 3.05) is 11.9 Å². The summed E-state index contributed by atoms with van der Waals surface area (Å²) >= 11 is 0. The highest BCUT2D eigenvalue weighted by Crippen LogP contribution is 2.28. The van der Waals surface area contributed by atoms with Crippen molar-refractivity contribution in [2.45, 2.75) is 6.54 Å². The molecule has 22 heavy (non-hydrogen) atoms. The van der Waals surface area contributed by atoms with Gasteiger partial charge in [-0.25, -0.2) is 4.79 Å². The molecule has 2 amide bonds. The minimum absolute atomic E-state index is 0.0218. The van der Waals surface area contributed by atoms with Crippen LogP contribution in [0.3, 0.4) is 0 Å². The van der Waals surface area contributed by atoms with E-state index < -0.39 is 6.09 Å². The Morgan fingerprint density at radius 1 is 1.23 bits per heavy atom. The number of hydrogen-bond acceptors (Lipinski definition) is 4. The Balaban J connectivity index is 1.58. The molecule has 1 aliphatic rings. The summed E-state index contributed by atoms with van der Waals surface area (Å²) in [6, 6.07) is 14.1. The first kappa shape index (κ1) is 13.9. The van der Waals surface area contributed by atoms with Crippen LogP contribution in [0.4, 0.5) is 10.5 Å². The Labute approximate surface area is 127 Å². The first-order valence-electron chi connectivity index (χ1n) is 6.77. The van der Waals surface area contributed by atoms with Gasteiger partial charge in [-0.05, 0) is 29.8 Å². The van der Waals surface area contributed by atoms with Gasteiger partial charge < -0.3 is 20.1 Å². The fraction of sp³-hybridized carbons (Fsp3) is 0.125. The molecule has 2 N–H and O–H groups in total. The number of carbonyl (C=O) groups is 2. The van der Waals surface area contributed by atoms with Gasteiger partial charge in [-0.15, -0.1) is 0 Å². The molecule has 0 aliphatic carbocycles. The Bertz CT molecular complexity index is 701. The second kappa shape index (κ2) is 6.17. The van der Waals surface area contributed by atoms with Crippen molar-refractivity contribution < 1.29 is 19.1 Å². The molecule has 2 aromatic carbocycles. The Hall–Kier alpha value is -3.02. The molecule has 0 spiro atoms. The predicted octanol–water partition coefficient (Wildman–Crippen LogP) is 2.31. The van der Waals surface area contributed by atoms with Crippen molar-refractivity contribution >= 4 is 17.7 Å². The summed E-state index contributed by atoms with van der Waals surface area (Å²) in [6.07, 6.45) is -0.538. The molecule has 0 saturated heterocycles. The molecule has 1 aliphatic heterocycles. The molecule has 0 fully saturated rings. The fourth-order valence-corrected chi connectivity index (χ4v) is 2.05. The van der Waals surface area contributed by atoms with E-state index in [1.165, 1.54) is 0 Å². The van der Waals surface area contributed by atoms with Gasteiger partial charge in [-0.2, -0.15) is 0 Å². The van der Waals surface area contributed by atoms with E-state index in [-0.39, 0.29) is 19.1 Å². The van der Waals surface area contributed by atoms with Gasteiger partial charge in [0.25, 0.3) is 5.91 Å². The minimum atomic E-state index is -0.538. The number of rotatable bonds is 3. The molecule has 0 saturated carbocycles. The molecule has 1 heterocycles. The SMILES string of the molecule is O=C1COc2ccc(CNC(=O)Oc3ccccc3)cc2N1. The van der Waals surface area contributed by atoms with Crippen molar-refractivity contribution in [3.05, 3.63) is 54.1 Å². The number of amides is 2. The molecule has 0 unspecified atom stereocenters. The maximum Gasteiger partial charge on any atom is 0.412 e. The average molecular weight is 298 g/mol. The maximum absolute atomic E-state index is 11.7. The first-order chi connectivity index (χ1) is 10.7. The highest BCUT2D eigenvalue weighted by atomic mass is 16.6. The molecule has 3 rings (SSSR count). The summed E-state index contributed by atoms with van der Waals surface area (Å²) in [6.45, 7) is 0.308. The fourth-order valence-electron chi connectivity index (χ4n) is 2.05. The lowest BCUT2D eigenvalue weighted by atomic mass is 10.1. The molecule has 0 aromatic heterocycles. The van der Waals surface area contributed by atoms with Gasteiger partial charge in [0, 0.05) is 6.54 Å².